The van der Waals surface area contributed by atoms with Crippen molar-refractivity contribution in [2.24, 2.45) is 11.7 Å². The number of halogens is 1. The van der Waals surface area contributed by atoms with Crippen molar-refractivity contribution in [2.45, 2.75) is 26.3 Å². The first kappa shape index (κ1) is 13.8. The molecule has 0 radical (unpaired) electrons. The summed E-state index contributed by atoms with van der Waals surface area (Å²) in [7, 11) is 0. The highest BCUT2D eigenvalue weighted by atomic mass is 35.5. The molecule has 4 heteroatoms. The standard InChI is InChI=1S/C13H18ClN3/c1-9(2)13(3,8-16)17-12-5-4-11(14)6-10(12)7-15/h4-6,9,17H,8,16H2,1-3H3. The normalized spacial score (nSPS) is 14.2. The Hall–Kier alpha value is -1.24. The third-order valence-corrected chi connectivity index (χ3v) is 3.46. The van der Waals surface area contributed by atoms with Gasteiger partial charge in [-0.05, 0) is 31.0 Å². The summed E-state index contributed by atoms with van der Waals surface area (Å²) in [6, 6.07) is 7.37. The largest absolute Gasteiger partial charge is 0.377 e. The summed E-state index contributed by atoms with van der Waals surface area (Å²) in [5.41, 5.74) is 6.89. The summed E-state index contributed by atoms with van der Waals surface area (Å²) in [6.07, 6.45) is 0. The van der Waals surface area contributed by atoms with Crippen LogP contribution < -0.4 is 11.1 Å². The summed E-state index contributed by atoms with van der Waals surface area (Å²) in [5, 5.41) is 13.0. The van der Waals surface area contributed by atoms with Crippen LogP contribution in [-0.4, -0.2) is 12.1 Å². The van der Waals surface area contributed by atoms with Crippen molar-refractivity contribution < 1.29 is 0 Å². The maximum atomic E-state index is 9.07. The van der Waals surface area contributed by atoms with Crippen molar-refractivity contribution in [3.63, 3.8) is 0 Å². The van der Waals surface area contributed by atoms with Crippen LogP contribution in [0.25, 0.3) is 0 Å². The molecule has 3 nitrogen and oxygen atoms in total. The highest BCUT2D eigenvalue weighted by Gasteiger charge is 2.27. The Labute approximate surface area is 108 Å². The van der Waals surface area contributed by atoms with Gasteiger partial charge in [0.05, 0.1) is 11.3 Å². The average molecular weight is 252 g/mol. The molecule has 0 bridgehead atoms. The van der Waals surface area contributed by atoms with E-state index in [9.17, 15) is 0 Å². The third kappa shape index (κ3) is 3.12. The number of anilines is 1. The van der Waals surface area contributed by atoms with Crippen molar-refractivity contribution >= 4 is 17.3 Å². The lowest BCUT2D eigenvalue weighted by atomic mass is 9.88. The molecule has 0 aliphatic carbocycles. The van der Waals surface area contributed by atoms with Crippen LogP contribution in [0.15, 0.2) is 18.2 Å². The zero-order chi connectivity index (χ0) is 13.1. The molecule has 1 unspecified atom stereocenters. The highest BCUT2D eigenvalue weighted by molar-refractivity contribution is 6.30. The summed E-state index contributed by atoms with van der Waals surface area (Å²) in [4.78, 5) is 0. The van der Waals surface area contributed by atoms with Crippen molar-refractivity contribution in [1.82, 2.24) is 0 Å². The van der Waals surface area contributed by atoms with Crippen LogP contribution >= 0.6 is 11.6 Å². The molecule has 1 aromatic rings. The maximum absolute atomic E-state index is 9.07. The first-order chi connectivity index (χ1) is 7.92. The third-order valence-electron chi connectivity index (χ3n) is 3.22. The summed E-state index contributed by atoms with van der Waals surface area (Å²) in [6.45, 7) is 6.75. The molecule has 0 saturated heterocycles. The Morgan fingerprint density at radius 3 is 2.65 bits per heavy atom. The molecule has 3 N–H and O–H groups in total. The van der Waals surface area contributed by atoms with E-state index in [0.717, 1.165) is 5.69 Å². The van der Waals surface area contributed by atoms with Crippen LogP contribution in [0.4, 0.5) is 5.69 Å². The van der Waals surface area contributed by atoms with Crippen molar-refractivity contribution in [1.29, 1.82) is 5.26 Å². The first-order valence-corrected chi connectivity index (χ1v) is 5.98. The van der Waals surface area contributed by atoms with E-state index in [-0.39, 0.29) is 5.54 Å². The zero-order valence-electron chi connectivity index (χ0n) is 10.4. The number of nitriles is 1. The minimum atomic E-state index is -0.237. The molecule has 0 heterocycles. The van der Waals surface area contributed by atoms with Gasteiger partial charge in [-0.25, -0.2) is 0 Å². The minimum Gasteiger partial charge on any atom is -0.377 e. The van der Waals surface area contributed by atoms with Gasteiger partial charge < -0.3 is 11.1 Å². The van der Waals surface area contributed by atoms with E-state index in [1.165, 1.54) is 0 Å². The second kappa shape index (κ2) is 5.39. The maximum Gasteiger partial charge on any atom is 0.101 e. The van der Waals surface area contributed by atoms with Gasteiger partial charge in [0.15, 0.2) is 0 Å². The number of nitrogens with two attached hydrogens (primary N) is 1. The minimum absolute atomic E-state index is 0.237. The average Bonchev–Trinajstić information content (AvgIpc) is 2.30. The quantitative estimate of drug-likeness (QED) is 0.865. The van der Waals surface area contributed by atoms with Crippen LogP contribution in [0.3, 0.4) is 0 Å². The molecule has 1 aromatic carbocycles. The van der Waals surface area contributed by atoms with Gasteiger partial charge in [0.1, 0.15) is 6.07 Å². The predicted molar refractivity (Wildman–Crippen MR) is 72.1 cm³/mol. The van der Waals surface area contributed by atoms with E-state index in [2.05, 4.69) is 25.2 Å². The second-order valence-corrected chi connectivity index (χ2v) is 5.14. The number of nitrogens with one attached hydrogen (secondary N) is 1. The fourth-order valence-electron chi connectivity index (χ4n) is 1.46. The Kier molecular flexibility index (Phi) is 4.39. The number of nitrogens with zero attached hydrogens (tertiary/aromatic N) is 1. The summed E-state index contributed by atoms with van der Waals surface area (Å²) < 4.78 is 0. The zero-order valence-corrected chi connectivity index (χ0v) is 11.2. The molecule has 1 rings (SSSR count). The topological polar surface area (TPSA) is 61.8 Å². The van der Waals surface area contributed by atoms with E-state index in [1.54, 1.807) is 12.1 Å². The van der Waals surface area contributed by atoms with E-state index in [4.69, 9.17) is 22.6 Å². The smallest absolute Gasteiger partial charge is 0.101 e. The van der Waals surface area contributed by atoms with E-state index < -0.39 is 0 Å². The molecule has 0 fully saturated rings. The molecule has 17 heavy (non-hydrogen) atoms. The summed E-state index contributed by atoms with van der Waals surface area (Å²) in [5.74, 6) is 0.356. The molecular weight excluding hydrogens is 234 g/mol. The lowest BCUT2D eigenvalue weighted by Crippen LogP contribution is -2.47. The van der Waals surface area contributed by atoms with Crippen molar-refractivity contribution in [3.05, 3.63) is 28.8 Å². The molecule has 0 aromatic heterocycles. The first-order valence-electron chi connectivity index (χ1n) is 5.61. The molecule has 0 aliphatic heterocycles. The van der Waals surface area contributed by atoms with Gasteiger partial charge in [0.25, 0.3) is 0 Å². The van der Waals surface area contributed by atoms with Crippen LogP contribution in [0, 0.1) is 17.2 Å². The Morgan fingerprint density at radius 1 is 1.53 bits per heavy atom. The molecule has 0 spiro atoms. The number of hydrogen-bond acceptors (Lipinski definition) is 3. The predicted octanol–water partition coefficient (Wildman–Crippen LogP) is 3.00. The van der Waals surface area contributed by atoms with Gasteiger partial charge in [-0.2, -0.15) is 5.26 Å². The lowest BCUT2D eigenvalue weighted by Gasteiger charge is -2.35. The Balaban J connectivity index is 3.07. The second-order valence-electron chi connectivity index (χ2n) is 4.70. The van der Waals surface area contributed by atoms with Gasteiger partial charge in [0.2, 0.25) is 0 Å². The van der Waals surface area contributed by atoms with Gasteiger partial charge in [-0.15, -0.1) is 0 Å². The molecule has 0 aliphatic rings. The Bertz CT molecular complexity index is 437. The van der Waals surface area contributed by atoms with Gasteiger partial charge >= 0.3 is 0 Å². The molecular formula is C13H18ClN3. The summed E-state index contributed by atoms with van der Waals surface area (Å²) >= 11 is 5.86. The van der Waals surface area contributed by atoms with Crippen molar-refractivity contribution in [2.75, 3.05) is 11.9 Å². The van der Waals surface area contributed by atoms with Crippen LogP contribution in [-0.2, 0) is 0 Å². The van der Waals surface area contributed by atoms with E-state index in [1.807, 2.05) is 13.0 Å². The molecule has 0 amide bonds. The SMILES string of the molecule is CC(C)C(C)(CN)Nc1ccc(Cl)cc1C#N. The van der Waals surface area contributed by atoms with Crippen LogP contribution in [0.1, 0.15) is 26.3 Å². The van der Waals surface area contributed by atoms with Crippen molar-refractivity contribution in [3.8, 4) is 6.07 Å². The van der Waals surface area contributed by atoms with Gasteiger partial charge in [-0.3, -0.25) is 0 Å². The number of benzene rings is 1. The fourth-order valence-corrected chi connectivity index (χ4v) is 1.63. The van der Waals surface area contributed by atoms with E-state index in [0.29, 0.717) is 23.0 Å². The fraction of sp³-hybridized carbons (Fsp3) is 0.462. The van der Waals surface area contributed by atoms with Crippen LogP contribution in [0.5, 0.6) is 0 Å². The molecule has 1 atom stereocenters. The number of hydrogen-bond donors (Lipinski definition) is 2. The molecule has 92 valence electrons. The van der Waals surface area contributed by atoms with E-state index >= 15 is 0 Å². The Morgan fingerprint density at radius 2 is 2.18 bits per heavy atom. The molecule has 0 saturated carbocycles. The van der Waals surface area contributed by atoms with Gasteiger partial charge in [-0.1, -0.05) is 25.4 Å². The van der Waals surface area contributed by atoms with Crippen LogP contribution in [0.2, 0.25) is 5.02 Å². The lowest BCUT2D eigenvalue weighted by molar-refractivity contribution is 0.382. The highest BCUT2D eigenvalue weighted by Crippen LogP contribution is 2.26. The monoisotopic (exact) mass is 251 g/mol. The van der Waals surface area contributed by atoms with Gasteiger partial charge in [0, 0.05) is 17.1 Å². The number of rotatable bonds is 4.